The van der Waals surface area contributed by atoms with Gasteiger partial charge in [0, 0.05) is 6.04 Å². The van der Waals surface area contributed by atoms with Crippen LogP contribution in [0.25, 0.3) is 0 Å². The van der Waals surface area contributed by atoms with E-state index in [1.807, 2.05) is 56.3 Å². The van der Waals surface area contributed by atoms with Gasteiger partial charge in [0.05, 0.1) is 7.11 Å². The lowest BCUT2D eigenvalue weighted by atomic mass is 10.0. The van der Waals surface area contributed by atoms with E-state index >= 15 is 0 Å². The van der Waals surface area contributed by atoms with Gasteiger partial charge in [-0.3, -0.25) is 0 Å². The molecule has 0 amide bonds. The first-order valence-electron chi connectivity index (χ1n) is 5.52. The Balaban J connectivity index is 2.90. The summed E-state index contributed by atoms with van der Waals surface area (Å²) in [6, 6.07) is 9.72. The largest absolute Gasteiger partial charge is 0.508 e. The zero-order valence-electron chi connectivity index (χ0n) is 10.7. The Morgan fingerprint density at radius 2 is 1.82 bits per heavy atom. The van der Waals surface area contributed by atoms with Gasteiger partial charge in [-0.25, -0.2) is 4.79 Å². The van der Waals surface area contributed by atoms with Crippen molar-refractivity contribution in [1.82, 2.24) is 4.90 Å². The van der Waals surface area contributed by atoms with Gasteiger partial charge in [-0.2, -0.15) is 0 Å². The molecule has 1 rings (SSSR count). The van der Waals surface area contributed by atoms with Crippen LogP contribution in [-0.2, 0) is 9.47 Å². The second-order valence-corrected chi connectivity index (χ2v) is 4.11. The van der Waals surface area contributed by atoms with Crippen molar-refractivity contribution in [2.24, 2.45) is 0 Å². The average Bonchev–Trinajstić information content (AvgIpc) is 2.35. The molecular weight excluding hydrogens is 218 g/mol. The zero-order chi connectivity index (χ0) is 12.8. The molecule has 0 fully saturated rings. The van der Waals surface area contributed by atoms with Gasteiger partial charge in [-0.05, 0) is 26.6 Å². The summed E-state index contributed by atoms with van der Waals surface area (Å²) in [7, 11) is 5.20. The Morgan fingerprint density at radius 1 is 1.24 bits per heavy atom. The fraction of sp³-hybridized carbons (Fsp3) is 0.462. The molecule has 4 nitrogen and oxygen atoms in total. The van der Waals surface area contributed by atoms with Gasteiger partial charge in [0.25, 0.3) is 0 Å². The molecule has 0 aliphatic carbocycles. The molecule has 1 aromatic rings. The van der Waals surface area contributed by atoms with Crippen LogP contribution >= 0.6 is 0 Å². The molecule has 17 heavy (non-hydrogen) atoms. The molecule has 0 heterocycles. The van der Waals surface area contributed by atoms with E-state index in [1.165, 1.54) is 7.11 Å². The summed E-state index contributed by atoms with van der Waals surface area (Å²) in [4.78, 5) is 13.3. The van der Waals surface area contributed by atoms with Crippen LogP contribution in [0, 0.1) is 0 Å². The third kappa shape index (κ3) is 3.75. The molecule has 0 aliphatic heterocycles. The van der Waals surface area contributed by atoms with Gasteiger partial charge in [0.2, 0.25) is 0 Å². The predicted octanol–water partition coefficient (Wildman–Crippen LogP) is 2.46. The van der Waals surface area contributed by atoms with Crippen LogP contribution in [0.1, 0.15) is 18.6 Å². The van der Waals surface area contributed by atoms with Crippen molar-refractivity contribution in [1.29, 1.82) is 0 Å². The highest BCUT2D eigenvalue weighted by Crippen LogP contribution is 2.24. The van der Waals surface area contributed by atoms with Crippen molar-refractivity contribution in [2.75, 3.05) is 21.2 Å². The average molecular weight is 237 g/mol. The first-order valence-corrected chi connectivity index (χ1v) is 5.52. The lowest BCUT2D eigenvalue weighted by molar-refractivity contribution is 0.00633. The maximum absolute atomic E-state index is 11.3. The molecule has 0 saturated carbocycles. The zero-order valence-corrected chi connectivity index (χ0v) is 10.7. The minimum atomic E-state index is -0.660. The predicted molar refractivity (Wildman–Crippen MR) is 65.8 cm³/mol. The number of ether oxygens (including phenoxy) is 2. The van der Waals surface area contributed by atoms with Crippen molar-refractivity contribution < 1.29 is 14.3 Å². The summed E-state index contributed by atoms with van der Waals surface area (Å²) < 4.78 is 9.86. The highest BCUT2D eigenvalue weighted by atomic mass is 16.7. The fourth-order valence-corrected chi connectivity index (χ4v) is 1.51. The topological polar surface area (TPSA) is 38.8 Å². The molecule has 4 heteroatoms. The number of carbonyl (C=O) groups is 1. The molecule has 1 aromatic carbocycles. The second-order valence-electron chi connectivity index (χ2n) is 4.11. The molecule has 0 aromatic heterocycles. The Hall–Kier alpha value is -1.55. The summed E-state index contributed by atoms with van der Waals surface area (Å²) in [6.45, 7) is 2.00. The second kappa shape index (κ2) is 6.25. The van der Waals surface area contributed by atoms with Crippen LogP contribution < -0.4 is 0 Å². The molecule has 2 atom stereocenters. The van der Waals surface area contributed by atoms with Gasteiger partial charge in [-0.1, -0.05) is 30.3 Å². The van der Waals surface area contributed by atoms with Crippen molar-refractivity contribution in [3.8, 4) is 0 Å². The number of carbonyl (C=O) groups excluding carboxylic acids is 1. The van der Waals surface area contributed by atoms with Gasteiger partial charge >= 0.3 is 6.16 Å². The summed E-state index contributed by atoms with van der Waals surface area (Å²) in [5.74, 6) is 0. The Bertz CT molecular complexity index is 351. The maximum Gasteiger partial charge on any atom is 0.508 e. The maximum atomic E-state index is 11.3. The number of hydrogen-bond donors (Lipinski definition) is 0. The number of hydrogen-bond acceptors (Lipinski definition) is 4. The van der Waals surface area contributed by atoms with Crippen LogP contribution in [0.5, 0.6) is 0 Å². The molecule has 0 bridgehead atoms. The molecule has 0 spiro atoms. The lowest BCUT2D eigenvalue weighted by Gasteiger charge is -2.28. The van der Waals surface area contributed by atoms with Gasteiger partial charge in [0.15, 0.2) is 0 Å². The quantitative estimate of drug-likeness (QED) is 0.754. The number of likely N-dealkylation sites (N-methyl/N-ethyl adjacent to an activating group) is 1. The summed E-state index contributed by atoms with van der Waals surface area (Å²) in [5, 5.41) is 0. The summed E-state index contributed by atoms with van der Waals surface area (Å²) in [6.07, 6.45) is -0.994. The van der Waals surface area contributed by atoms with Gasteiger partial charge in [-0.15, -0.1) is 0 Å². The van der Waals surface area contributed by atoms with E-state index in [1.54, 1.807) is 0 Å². The minimum absolute atomic E-state index is 0.0662. The van der Waals surface area contributed by atoms with E-state index in [9.17, 15) is 4.79 Å². The van der Waals surface area contributed by atoms with Crippen molar-refractivity contribution in [3.05, 3.63) is 35.9 Å². The van der Waals surface area contributed by atoms with E-state index in [0.29, 0.717) is 0 Å². The first-order chi connectivity index (χ1) is 8.06. The van der Waals surface area contributed by atoms with Crippen LogP contribution in [0.4, 0.5) is 4.79 Å². The molecule has 0 N–H and O–H groups in total. The van der Waals surface area contributed by atoms with Gasteiger partial charge < -0.3 is 14.4 Å². The van der Waals surface area contributed by atoms with Gasteiger partial charge in [0.1, 0.15) is 6.10 Å². The number of rotatable bonds is 4. The highest BCUT2D eigenvalue weighted by molar-refractivity contribution is 5.60. The summed E-state index contributed by atoms with van der Waals surface area (Å²) >= 11 is 0. The van der Waals surface area contributed by atoms with Crippen molar-refractivity contribution in [2.45, 2.75) is 19.1 Å². The Labute approximate surface area is 102 Å². The molecule has 0 unspecified atom stereocenters. The third-order valence-corrected chi connectivity index (χ3v) is 2.77. The third-order valence-electron chi connectivity index (χ3n) is 2.77. The molecule has 0 saturated heterocycles. The highest BCUT2D eigenvalue weighted by Gasteiger charge is 2.25. The van der Waals surface area contributed by atoms with Crippen LogP contribution in [0.2, 0.25) is 0 Å². The molecule has 0 radical (unpaired) electrons. The van der Waals surface area contributed by atoms with Crippen molar-refractivity contribution >= 4 is 6.16 Å². The minimum Gasteiger partial charge on any atom is -0.438 e. The Morgan fingerprint density at radius 3 is 2.29 bits per heavy atom. The van der Waals surface area contributed by atoms with Crippen molar-refractivity contribution in [3.63, 3.8) is 0 Å². The van der Waals surface area contributed by atoms with E-state index < -0.39 is 6.16 Å². The van der Waals surface area contributed by atoms with E-state index in [2.05, 4.69) is 4.74 Å². The number of benzene rings is 1. The Kier molecular flexibility index (Phi) is 4.97. The fourth-order valence-electron chi connectivity index (χ4n) is 1.51. The smallest absolute Gasteiger partial charge is 0.438 e. The molecular formula is C13H19NO3. The van der Waals surface area contributed by atoms with Crippen LogP contribution in [0.3, 0.4) is 0 Å². The number of methoxy groups -OCH3 is 1. The van der Waals surface area contributed by atoms with E-state index in [4.69, 9.17) is 4.74 Å². The number of nitrogens with zero attached hydrogens (tertiary/aromatic N) is 1. The van der Waals surface area contributed by atoms with E-state index in [-0.39, 0.29) is 12.1 Å². The molecule has 0 aliphatic rings. The normalized spacial score (nSPS) is 14.2. The first kappa shape index (κ1) is 13.5. The van der Waals surface area contributed by atoms with Crippen LogP contribution in [-0.4, -0.2) is 38.3 Å². The van der Waals surface area contributed by atoms with E-state index in [0.717, 1.165) is 5.56 Å². The van der Waals surface area contributed by atoms with Crippen LogP contribution in [0.15, 0.2) is 30.3 Å². The monoisotopic (exact) mass is 237 g/mol. The summed E-state index contributed by atoms with van der Waals surface area (Å²) in [5.41, 5.74) is 0.958. The lowest BCUT2D eigenvalue weighted by Crippen LogP contribution is -2.33. The SMILES string of the molecule is COC(=O)O[C@@H](c1ccccc1)[C@H](C)N(C)C. The standard InChI is InChI=1S/C13H19NO3/c1-10(14(2)3)12(17-13(15)16-4)11-8-6-5-7-9-11/h5-10,12H,1-4H3/t10-,12+/m0/s1. The molecule has 94 valence electrons.